The van der Waals surface area contributed by atoms with Crippen molar-refractivity contribution in [1.29, 1.82) is 0 Å². The zero-order chi connectivity index (χ0) is 20.9. The van der Waals surface area contributed by atoms with Gasteiger partial charge in [-0.2, -0.15) is 0 Å². The molecule has 3 heterocycles. The molecule has 2 fully saturated rings. The molecular formula is C23H30BrClN4O. The first-order chi connectivity index (χ1) is 14.6. The molecule has 0 atom stereocenters. The zero-order valence-corrected chi connectivity index (χ0v) is 19.6. The van der Waals surface area contributed by atoms with Crippen molar-refractivity contribution in [2.45, 2.75) is 51.0 Å². The monoisotopic (exact) mass is 492 g/mol. The van der Waals surface area contributed by atoms with Crippen molar-refractivity contribution < 1.29 is 4.74 Å². The summed E-state index contributed by atoms with van der Waals surface area (Å²) in [4.78, 5) is 9.46. The van der Waals surface area contributed by atoms with E-state index in [2.05, 4.69) is 32.3 Å². The van der Waals surface area contributed by atoms with Gasteiger partial charge < -0.3 is 15.8 Å². The maximum atomic E-state index is 6.54. The molecule has 0 amide bonds. The number of rotatable bonds is 6. The fourth-order valence-electron chi connectivity index (χ4n) is 4.39. The first-order valence-electron chi connectivity index (χ1n) is 11.0. The van der Waals surface area contributed by atoms with E-state index >= 15 is 0 Å². The molecule has 7 heteroatoms. The molecule has 4 rings (SSSR count). The molecule has 3 N–H and O–H groups in total. The van der Waals surface area contributed by atoms with Crippen LogP contribution in [0.1, 0.15) is 44.2 Å². The van der Waals surface area contributed by atoms with Crippen molar-refractivity contribution in [2.24, 2.45) is 17.6 Å². The topological polar surface area (TPSA) is 73.1 Å². The normalized spacial score (nSPS) is 22.8. The van der Waals surface area contributed by atoms with Crippen molar-refractivity contribution >= 4 is 33.3 Å². The van der Waals surface area contributed by atoms with Crippen LogP contribution < -0.4 is 11.1 Å². The minimum atomic E-state index is 0.367. The molecule has 162 valence electrons. The van der Waals surface area contributed by atoms with E-state index in [1.54, 1.807) is 6.20 Å². The van der Waals surface area contributed by atoms with Crippen LogP contribution in [-0.4, -0.2) is 35.8 Å². The minimum absolute atomic E-state index is 0.367. The Labute approximate surface area is 192 Å². The Kier molecular flexibility index (Phi) is 7.63. The zero-order valence-electron chi connectivity index (χ0n) is 17.2. The van der Waals surface area contributed by atoms with Crippen LogP contribution in [0.5, 0.6) is 0 Å². The van der Waals surface area contributed by atoms with Crippen LogP contribution in [0.3, 0.4) is 0 Å². The summed E-state index contributed by atoms with van der Waals surface area (Å²) in [6.07, 6.45) is 9.50. The second-order valence-corrected chi connectivity index (χ2v) is 9.87. The Morgan fingerprint density at radius 1 is 1.10 bits per heavy atom. The lowest BCUT2D eigenvalue weighted by Crippen LogP contribution is -2.27. The summed E-state index contributed by atoms with van der Waals surface area (Å²) in [6, 6.07) is 6.51. The molecule has 1 saturated heterocycles. The Morgan fingerprint density at radius 3 is 2.63 bits per heavy atom. The highest BCUT2D eigenvalue weighted by Crippen LogP contribution is 2.34. The van der Waals surface area contributed by atoms with Gasteiger partial charge in [0.05, 0.1) is 10.7 Å². The van der Waals surface area contributed by atoms with Gasteiger partial charge in [-0.05, 0) is 90.9 Å². The summed E-state index contributed by atoms with van der Waals surface area (Å²) in [6.45, 7) is 2.62. The third-order valence-corrected chi connectivity index (χ3v) is 7.26. The molecule has 0 aromatic carbocycles. The maximum absolute atomic E-state index is 6.54. The summed E-state index contributed by atoms with van der Waals surface area (Å²) in [7, 11) is 0. The van der Waals surface area contributed by atoms with E-state index in [0.29, 0.717) is 22.9 Å². The molecule has 1 aliphatic carbocycles. The van der Waals surface area contributed by atoms with Gasteiger partial charge in [0.1, 0.15) is 5.82 Å². The fourth-order valence-corrected chi connectivity index (χ4v) is 5.02. The molecular weight excluding hydrogens is 464 g/mol. The Morgan fingerprint density at radius 2 is 1.87 bits per heavy atom. The van der Waals surface area contributed by atoms with Gasteiger partial charge in [-0.15, -0.1) is 0 Å². The molecule has 30 heavy (non-hydrogen) atoms. The largest absolute Gasteiger partial charge is 0.381 e. The highest BCUT2D eigenvalue weighted by molar-refractivity contribution is 9.10. The number of hydrogen-bond acceptors (Lipinski definition) is 5. The molecule has 0 radical (unpaired) electrons. The third-order valence-electron chi connectivity index (χ3n) is 6.32. The van der Waals surface area contributed by atoms with E-state index in [9.17, 15) is 0 Å². The number of anilines is 1. The standard InChI is InChI=1S/C23H30BrClN4O/c24-20-5-6-22(28-13-16-7-9-30-10-8-16)29-23(20)19-12-18(27-14-21(19)25)11-15-1-3-17(26)4-2-15/h5-6,12,14-17H,1-4,7-11,13,26H2,(H,28,29). The summed E-state index contributed by atoms with van der Waals surface area (Å²) >= 11 is 10.2. The van der Waals surface area contributed by atoms with Crippen LogP contribution in [0.15, 0.2) is 28.9 Å². The average Bonchev–Trinajstić information content (AvgIpc) is 2.77. The van der Waals surface area contributed by atoms with Gasteiger partial charge >= 0.3 is 0 Å². The molecule has 0 unspecified atom stereocenters. The van der Waals surface area contributed by atoms with E-state index in [-0.39, 0.29) is 0 Å². The summed E-state index contributed by atoms with van der Waals surface area (Å²) in [5, 5.41) is 4.12. The summed E-state index contributed by atoms with van der Waals surface area (Å²) < 4.78 is 6.38. The molecule has 1 aliphatic heterocycles. The van der Waals surface area contributed by atoms with E-state index in [1.165, 1.54) is 12.8 Å². The number of hydrogen-bond donors (Lipinski definition) is 2. The van der Waals surface area contributed by atoms with E-state index in [0.717, 1.165) is 79.1 Å². The number of nitrogens with one attached hydrogen (secondary N) is 1. The lowest BCUT2D eigenvalue weighted by atomic mass is 9.83. The maximum Gasteiger partial charge on any atom is 0.126 e. The van der Waals surface area contributed by atoms with Crippen LogP contribution in [0.4, 0.5) is 5.82 Å². The van der Waals surface area contributed by atoms with Crippen molar-refractivity contribution in [1.82, 2.24) is 9.97 Å². The van der Waals surface area contributed by atoms with Gasteiger partial charge in [-0.1, -0.05) is 11.6 Å². The Bertz CT molecular complexity index is 851. The highest BCUT2D eigenvalue weighted by Gasteiger charge is 2.20. The van der Waals surface area contributed by atoms with E-state index < -0.39 is 0 Å². The van der Waals surface area contributed by atoms with E-state index in [4.69, 9.17) is 27.1 Å². The number of halogens is 2. The van der Waals surface area contributed by atoms with Gasteiger partial charge in [0.2, 0.25) is 0 Å². The molecule has 2 aromatic heterocycles. The Hall–Kier alpha value is -1.21. The van der Waals surface area contributed by atoms with Crippen LogP contribution in [0.25, 0.3) is 11.3 Å². The van der Waals surface area contributed by atoms with Crippen molar-refractivity contribution in [3.05, 3.63) is 39.6 Å². The molecule has 0 spiro atoms. The third kappa shape index (κ3) is 5.72. The van der Waals surface area contributed by atoms with Gasteiger partial charge in [-0.25, -0.2) is 4.98 Å². The van der Waals surface area contributed by atoms with Crippen molar-refractivity contribution in [3.8, 4) is 11.3 Å². The predicted octanol–water partition coefficient (Wildman–Crippen LogP) is 5.46. The van der Waals surface area contributed by atoms with Gasteiger partial charge in [-0.3, -0.25) is 4.98 Å². The number of pyridine rings is 2. The average molecular weight is 494 g/mol. The van der Waals surface area contributed by atoms with Crippen molar-refractivity contribution in [3.63, 3.8) is 0 Å². The Balaban J connectivity index is 1.49. The van der Waals surface area contributed by atoms with E-state index in [1.807, 2.05) is 12.1 Å². The molecule has 2 aromatic rings. The van der Waals surface area contributed by atoms with Crippen LogP contribution >= 0.6 is 27.5 Å². The SMILES string of the molecule is NC1CCC(Cc2cc(-c3nc(NCC4CCOCC4)ccc3Br)c(Cl)cn2)CC1. The lowest BCUT2D eigenvalue weighted by molar-refractivity contribution is 0.0699. The second kappa shape index (κ2) is 10.4. The summed E-state index contributed by atoms with van der Waals surface area (Å²) in [5.41, 5.74) is 8.91. The first-order valence-corrected chi connectivity index (χ1v) is 12.1. The number of aromatic nitrogens is 2. The lowest BCUT2D eigenvalue weighted by Gasteiger charge is -2.25. The molecule has 2 aliphatic rings. The highest BCUT2D eigenvalue weighted by atomic mass is 79.9. The van der Waals surface area contributed by atoms with Gasteiger partial charge in [0.25, 0.3) is 0 Å². The minimum Gasteiger partial charge on any atom is -0.381 e. The number of nitrogens with zero attached hydrogens (tertiary/aromatic N) is 2. The smallest absolute Gasteiger partial charge is 0.126 e. The number of nitrogens with two attached hydrogens (primary N) is 1. The summed E-state index contributed by atoms with van der Waals surface area (Å²) in [5.74, 6) is 2.15. The van der Waals surface area contributed by atoms with Gasteiger partial charge in [0, 0.05) is 47.7 Å². The molecule has 5 nitrogen and oxygen atoms in total. The van der Waals surface area contributed by atoms with Crippen LogP contribution in [0.2, 0.25) is 5.02 Å². The number of ether oxygens (including phenoxy) is 1. The fraction of sp³-hybridized carbons (Fsp3) is 0.565. The van der Waals surface area contributed by atoms with Crippen LogP contribution in [-0.2, 0) is 11.2 Å². The quantitative estimate of drug-likeness (QED) is 0.559. The second-order valence-electron chi connectivity index (χ2n) is 8.60. The van der Waals surface area contributed by atoms with Crippen molar-refractivity contribution in [2.75, 3.05) is 25.1 Å². The van der Waals surface area contributed by atoms with Crippen LogP contribution in [0, 0.1) is 11.8 Å². The predicted molar refractivity (Wildman–Crippen MR) is 126 cm³/mol. The van der Waals surface area contributed by atoms with Gasteiger partial charge in [0.15, 0.2) is 0 Å². The first kappa shape index (κ1) is 22.0. The molecule has 1 saturated carbocycles. The molecule has 0 bridgehead atoms.